The maximum Gasteiger partial charge on any atom is 0.0787 e. The first kappa shape index (κ1) is 13.5. The van der Waals surface area contributed by atoms with Crippen LogP contribution in [0.5, 0.6) is 0 Å². The van der Waals surface area contributed by atoms with Crippen molar-refractivity contribution < 1.29 is 8.95 Å². The van der Waals surface area contributed by atoms with Gasteiger partial charge in [0.25, 0.3) is 0 Å². The van der Waals surface area contributed by atoms with Crippen molar-refractivity contribution in [3.63, 3.8) is 0 Å². The van der Waals surface area contributed by atoms with Crippen molar-refractivity contribution in [2.24, 2.45) is 0 Å². The quantitative estimate of drug-likeness (QED) is 0.822. The van der Waals surface area contributed by atoms with Crippen molar-refractivity contribution in [1.29, 1.82) is 0 Å². The molecule has 17 heavy (non-hydrogen) atoms. The highest BCUT2D eigenvalue weighted by molar-refractivity contribution is 7.85. The Labute approximate surface area is 107 Å². The van der Waals surface area contributed by atoms with Gasteiger partial charge in [-0.25, -0.2) is 0 Å². The van der Waals surface area contributed by atoms with E-state index in [0.717, 1.165) is 30.8 Å². The molecule has 1 unspecified atom stereocenters. The molecule has 1 N–H and O–H groups in total. The van der Waals surface area contributed by atoms with E-state index >= 15 is 0 Å². The predicted octanol–water partition coefficient (Wildman–Crippen LogP) is 1.83. The molecule has 0 aliphatic carbocycles. The Bertz CT molecular complexity index is 305. The second-order valence-electron chi connectivity index (χ2n) is 6.51. The van der Waals surface area contributed by atoms with E-state index in [9.17, 15) is 4.21 Å². The average Bonchev–Trinajstić information content (AvgIpc) is 2.38. The van der Waals surface area contributed by atoms with Gasteiger partial charge in [0.05, 0.1) is 11.2 Å². The molecule has 100 valence electrons. The normalized spacial score (nSPS) is 40.4. The zero-order valence-corrected chi connectivity index (χ0v) is 12.2. The number of ether oxygens (including phenoxy) is 1. The molecule has 0 aromatic heterocycles. The molecule has 2 aliphatic rings. The van der Waals surface area contributed by atoms with Crippen LogP contribution in [-0.2, 0) is 15.5 Å². The third-order valence-corrected chi connectivity index (χ3v) is 5.28. The Balaban J connectivity index is 1.93. The summed E-state index contributed by atoms with van der Waals surface area (Å²) in [5, 5.41) is 3.72. The topological polar surface area (TPSA) is 38.3 Å². The maximum absolute atomic E-state index is 11.3. The second kappa shape index (κ2) is 4.63. The number of hydrogen-bond donors (Lipinski definition) is 1. The summed E-state index contributed by atoms with van der Waals surface area (Å²) >= 11 is 0. The van der Waals surface area contributed by atoms with Gasteiger partial charge in [-0.2, -0.15) is 0 Å². The molecule has 2 aliphatic heterocycles. The first-order valence-electron chi connectivity index (χ1n) is 6.60. The van der Waals surface area contributed by atoms with Crippen LogP contribution in [0.3, 0.4) is 0 Å². The van der Waals surface area contributed by atoms with Crippen LogP contribution in [0.4, 0.5) is 0 Å². The summed E-state index contributed by atoms with van der Waals surface area (Å²) < 4.78 is 17.4. The molecule has 3 nitrogen and oxygen atoms in total. The van der Waals surface area contributed by atoms with Crippen LogP contribution in [0.1, 0.15) is 47.0 Å². The van der Waals surface area contributed by atoms with Crippen molar-refractivity contribution in [1.82, 2.24) is 5.32 Å². The summed E-state index contributed by atoms with van der Waals surface area (Å²) in [4.78, 5) is 0. The van der Waals surface area contributed by atoms with Crippen molar-refractivity contribution >= 4 is 10.8 Å². The molecule has 0 bridgehead atoms. The molecule has 0 amide bonds. The summed E-state index contributed by atoms with van der Waals surface area (Å²) in [5.41, 5.74) is -0.126. The largest absolute Gasteiger partial charge is 0.368 e. The predicted molar refractivity (Wildman–Crippen MR) is 71.7 cm³/mol. The van der Waals surface area contributed by atoms with Crippen molar-refractivity contribution in [2.75, 3.05) is 11.5 Å². The maximum atomic E-state index is 11.3. The molecule has 0 saturated carbocycles. The summed E-state index contributed by atoms with van der Waals surface area (Å²) in [7, 11) is -0.570. The lowest BCUT2D eigenvalue weighted by molar-refractivity contribution is -0.0705. The van der Waals surface area contributed by atoms with Crippen LogP contribution in [0.25, 0.3) is 0 Å². The third kappa shape index (κ3) is 3.30. The van der Waals surface area contributed by atoms with Gasteiger partial charge in [-0.1, -0.05) is 0 Å². The Morgan fingerprint density at radius 3 is 2.24 bits per heavy atom. The minimum atomic E-state index is -0.570. The monoisotopic (exact) mass is 259 g/mol. The van der Waals surface area contributed by atoms with Crippen LogP contribution in [0.2, 0.25) is 0 Å². The fraction of sp³-hybridized carbons (Fsp3) is 1.00. The molecule has 4 heteroatoms. The van der Waals surface area contributed by atoms with E-state index in [0.29, 0.717) is 12.1 Å². The first-order chi connectivity index (χ1) is 7.78. The zero-order chi connectivity index (χ0) is 12.7. The Hall–Kier alpha value is 0.0700. The summed E-state index contributed by atoms with van der Waals surface area (Å²) in [6.07, 6.45) is 3.14. The van der Waals surface area contributed by atoms with Gasteiger partial charge in [0.1, 0.15) is 0 Å². The van der Waals surface area contributed by atoms with Gasteiger partial charge < -0.3 is 10.1 Å². The molecule has 2 saturated heterocycles. The molecule has 2 heterocycles. The lowest BCUT2D eigenvalue weighted by Crippen LogP contribution is -2.49. The minimum absolute atomic E-state index is 0.0291. The van der Waals surface area contributed by atoms with E-state index in [1.165, 1.54) is 0 Å². The van der Waals surface area contributed by atoms with E-state index in [-0.39, 0.29) is 11.2 Å². The van der Waals surface area contributed by atoms with Crippen molar-refractivity contribution in [3.05, 3.63) is 0 Å². The highest BCUT2D eigenvalue weighted by Gasteiger charge is 2.46. The van der Waals surface area contributed by atoms with Gasteiger partial charge in [-0.3, -0.25) is 4.21 Å². The molecule has 2 rings (SSSR count). The van der Waals surface area contributed by atoms with E-state index in [2.05, 4.69) is 33.0 Å². The van der Waals surface area contributed by atoms with Crippen LogP contribution < -0.4 is 5.32 Å². The molecule has 2 fully saturated rings. The van der Waals surface area contributed by atoms with Crippen molar-refractivity contribution in [2.45, 2.75) is 70.2 Å². The van der Waals surface area contributed by atoms with Crippen LogP contribution >= 0.6 is 0 Å². The fourth-order valence-electron chi connectivity index (χ4n) is 3.07. The molecule has 1 atom stereocenters. The van der Waals surface area contributed by atoms with Gasteiger partial charge in [0, 0.05) is 34.4 Å². The van der Waals surface area contributed by atoms with Crippen molar-refractivity contribution in [3.8, 4) is 0 Å². The average molecular weight is 259 g/mol. The molecule has 0 aromatic carbocycles. The second-order valence-corrected chi connectivity index (χ2v) is 8.21. The van der Waals surface area contributed by atoms with Gasteiger partial charge in [-0.05, 0) is 47.0 Å². The highest BCUT2D eigenvalue weighted by atomic mass is 32.2. The van der Waals surface area contributed by atoms with E-state index in [1.54, 1.807) is 0 Å². The smallest absolute Gasteiger partial charge is 0.0787 e. The number of nitrogens with one attached hydrogen (secondary N) is 1. The minimum Gasteiger partial charge on any atom is -0.368 e. The molecule has 0 aromatic rings. The number of rotatable bonds is 2. The molecular weight excluding hydrogens is 234 g/mol. The molecular formula is C13H25NO2S. The highest BCUT2D eigenvalue weighted by Crippen LogP contribution is 2.37. The Kier molecular flexibility index (Phi) is 3.68. The van der Waals surface area contributed by atoms with Gasteiger partial charge in [-0.15, -0.1) is 0 Å². The zero-order valence-electron chi connectivity index (χ0n) is 11.4. The van der Waals surface area contributed by atoms with Crippen LogP contribution in [-0.4, -0.2) is 39.0 Å². The lowest BCUT2D eigenvalue weighted by atomic mass is 9.93. The van der Waals surface area contributed by atoms with Crippen LogP contribution in [0.15, 0.2) is 0 Å². The lowest BCUT2D eigenvalue weighted by Gasteiger charge is -2.32. The van der Waals surface area contributed by atoms with Crippen LogP contribution in [0, 0.1) is 0 Å². The molecule has 0 radical (unpaired) electrons. The summed E-state index contributed by atoms with van der Waals surface area (Å²) in [6, 6.07) is 0.934. The van der Waals surface area contributed by atoms with Gasteiger partial charge in [0.15, 0.2) is 0 Å². The Morgan fingerprint density at radius 2 is 1.76 bits per heavy atom. The van der Waals surface area contributed by atoms with E-state index < -0.39 is 10.8 Å². The van der Waals surface area contributed by atoms with Gasteiger partial charge in [0.2, 0.25) is 0 Å². The fourth-order valence-corrected chi connectivity index (χ4v) is 4.37. The molecule has 0 spiro atoms. The summed E-state index contributed by atoms with van der Waals surface area (Å²) in [6.45, 7) is 8.65. The Morgan fingerprint density at radius 1 is 1.18 bits per heavy atom. The van der Waals surface area contributed by atoms with E-state index in [4.69, 9.17) is 4.74 Å². The summed E-state index contributed by atoms with van der Waals surface area (Å²) in [5.74, 6) is 1.71. The standard InChI is InChI=1S/C13H25NO2S/c1-12(2)9-11(13(3,4)16-12)14-10-5-7-17(15)8-6-10/h10-11,14H,5-9H2,1-4H3. The van der Waals surface area contributed by atoms with E-state index in [1.807, 2.05) is 0 Å². The SMILES string of the molecule is CC1(C)CC(NC2CCS(=O)CC2)C(C)(C)O1. The third-order valence-electron chi connectivity index (χ3n) is 3.90. The first-order valence-corrected chi connectivity index (χ1v) is 8.08. The number of hydrogen-bond acceptors (Lipinski definition) is 3. The van der Waals surface area contributed by atoms with Gasteiger partial charge >= 0.3 is 0 Å².